The van der Waals surface area contributed by atoms with E-state index in [-0.39, 0.29) is 18.2 Å². The molecule has 1 aromatic heterocycles. The monoisotopic (exact) mass is 285 g/mol. The molecule has 0 aliphatic heterocycles. The summed E-state index contributed by atoms with van der Waals surface area (Å²) in [7, 11) is 0. The van der Waals surface area contributed by atoms with Gasteiger partial charge in [0.25, 0.3) is 0 Å². The Balaban J connectivity index is 2.25. The minimum atomic E-state index is -0.734. The van der Waals surface area contributed by atoms with E-state index in [1.165, 1.54) is 0 Å². The molecule has 0 spiro atoms. The summed E-state index contributed by atoms with van der Waals surface area (Å²) in [6, 6.07) is 0.821. The molecule has 0 saturated heterocycles. The van der Waals surface area contributed by atoms with Gasteiger partial charge in [0.2, 0.25) is 0 Å². The highest BCUT2D eigenvalue weighted by Crippen LogP contribution is 2.32. The fourth-order valence-electron chi connectivity index (χ4n) is 2.65. The molecule has 1 fully saturated rings. The Labute approximate surface area is 117 Å². The van der Waals surface area contributed by atoms with E-state index in [4.69, 9.17) is 0 Å². The average molecular weight is 285 g/mol. The third-order valence-corrected chi connectivity index (χ3v) is 3.77. The van der Waals surface area contributed by atoms with Crippen LogP contribution in [0.1, 0.15) is 39.0 Å². The van der Waals surface area contributed by atoms with Crippen molar-refractivity contribution in [3.05, 3.63) is 17.7 Å². The summed E-state index contributed by atoms with van der Waals surface area (Å²) < 4.78 is 27.4. The maximum absolute atomic E-state index is 13.9. The van der Waals surface area contributed by atoms with Crippen LogP contribution in [0.3, 0.4) is 0 Å². The Morgan fingerprint density at radius 2 is 1.85 bits per heavy atom. The number of hydrogen-bond donors (Lipinski definition) is 3. The molecule has 112 valence electrons. The van der Waals surface area contributed by atoms with Crippen LogP contribution in [0.15, 0.2) is 6.07 Å². The summed E-state index contributed by atoms with van der Waals surface area (Å²) >= 11 is 0. The fourth-order valence-corrected chi connectivity index (χ4v) is 2.65. The van der Waals surface area contributed by atoms with Gasteiger partial charge in [-0.3, -0.25) is 0 Å². The molecular formula is C14H21F2N3O. The van der Waals surface area contributed by atoms with Gasteiger partial charge in [0.05, 0.1) is 12.1 Å². The van der Waals surface area contributed by atoms with Gasteiger partial charge in [-0.15, -0.1) is 0 Å². The molecule has 2 rings (SSSR count). The van der Waals surface area contributed by atoms with E-state index in [9.17, 15) is 13.9 Å². The maximum Gasteiger partial charge on any atom is 0.168 e. The first-order chi connectivity index (χ1) is 9.60. The van der Waals surface area contributed by atoms with Gasteiger partial charge in [0, 0.05) is 12.6 Å². The number of pyridine rings is 1. The smallest absolute Gasteiger partial charge is 0.168 e. The van der Waals surface area contributed by atoms with Crippen LogP contribution in [0.4, 0.5) is 20.4 Å². The first-order valence-electron chi connectivity index (χ1n) is 7.09. The van der Waals surface area contributed by atoms with Crippen LogP contribution in [0.25, 0.3) is 0 Å². The molecule has 1 heterocycles. The third kappa shape index (κ3) is 3.17. The van der Waals surface area contributed by atoms with E-state index in [1.807, 2.05) is 6.92 Å². The molecular weight excluding hydrogens is 264 g/mol. The molecule has 6 heteroatoms. The zero-order valence-electron chi connectivity index (χ0n) is 11.7. The van der Waals surface area contributed by atoms with Gasteiger partial charge in [-0.2, -0.15) is 0 Å². The fraction of sp³-hybridized carbons (Fsp3) is 0.643. The number of aromatic nitrogens is 1. The lowest BCUT2D eigenvalue weighted by atomic mass is 9.82. The van der Waals surface area contributed by atoms with Crippen molar-refractivity contribution in [2.75, 3.05) is 23.8 Å². The number of hydrogen-bond acceptors (Lipinski definition) is 4. The number of aliphatic hydroxyl groups is 1. The van der Waals surface area contributed by atoms with E-state index < -0.39 is 17.2 Å². The zero-order chi connectivity index (χ0) is 14.6. The molecule has 20 heavy (non-hydrogen) atoms. The number of rotatable bonds is 5. The summed E-state index contributed by atoms with van der Waals surface area (Å²) in [6.45, 7) is 2.23. The van der Waals surface area contributed by atoms with E-state index in [2.05, 4.69) is 15.6 Å². The van der Waals surface area contributed by atoms with Crippen molar-refractivity contribution in [1.82, 2.24) is 4.98 Å². The van der Waals surface area contributed by atoms with Crippen molar-refractivity contribution >= 4 is 11.6 Å². The van der Waals surface area contributed by atoms with Gasteiger partial charge in [0.15, 0.2) is 23.3 Å². The third-order valence-electron chi connectivity index (χ3n) is 3.77. The Bertz CT molecular complexity index is 462. The molecule has 0 unspecified atom stereocenters. The number of aliphatic hydroxyl groups excluding tert-OH is 1. The molecule has 0 radical (unpaired) electrons. The predicted molar refractivity (Wildman–Crippen MR) is 74.8 cm³/mol. The summed E-state index contributed by atoms with van der Waals surface area (Å²) in [4.78, 5) is 3.97. The summed E-state index contributed by atoms with van der Waals surface area (Å²) in [5.41, 5.74) is -0.548. The first kappa shape index (κ1) is 15.0. The molecule has 1 aliphatic carbocycles. The van der Waals surface area contributed by atoms with E-state index >= 15 is 0 Å². The molecule has 3 N–H and O–H groups in total. The van der Waals surface area contributed by atoms with Crippen molar-refractivity contribution < 1.29 is 13.9 Å². The number of anilines is 2. The lowest BCUT2D eigenvalue weighted by Gasteiger charge is -2.37. The van der Waals surface area contributed by atoms with Gasteiger partial charge >= 0.3 is 0 Å². The predicted octanol–water partition coefficient (Wildman–Crippen LogP) is 2.90. The average Bonchev–Trinajstić information content (AvgIpc) is 2.45. The van der Waals surface area contributed by atoms with Gasteiger partial charge < -0.3 is 15.7 Å². The Morgan fingerprint density at radius 1 is 1.20 bits per heavy atom. The highest BCUT2D eigenvalue weighted by atomic mass is 19.1. The standard InChI is InChI=1S/C14H21F2N3O/c1-2-17-12-10(15)8-11(16)13(18-12)19-14(9-20)6-4-3-5-7-14/h8,20H,2-7,9H2,1H3,(H2,17,18,19). The van der Waals surface area contributed by atoms with Crippen molar-refractivity contribution in [2.24, 2.45) is 0 Å². The minimum Gasteiger partial charge on any atom is -0.394 e. The highest BCUT2D eigenvalue weighted by Gasteiger charge is 2.32. The summed E-state index contributed by atoms with van der Waals surface area (Å²) in [5.74, 6) is -1.42. The van der Waals surface area contributed by atoms with Crippen LogP contribution < -0.4 is 10.6 Å². The molecule has 0 atom stereocenters. The van der Waals surface area contributed by atoms with Crippen molar-refractivity contribution in [2.45, 2.75) is 44.6 Å². The number of halogens is 2. The summed E-state index contributed by atoms with van der Waals surface area (Å²) in [5, 5.41) is 15.4. The molecule has 4 nitrogen and oxygen atoms in total. The highest BCUT2D eigenvalue weighted by molar-refractivity contribution is 5.49. The number of nitrogens with one attached hydrogen (secondary N) is 2. The van der Waals surface area contributed by atoms with Crippen molar-refractivity contribution in [1.29, 1.82) is 0 Å². The van der Waals surface area contributed by atoms with Crippen molar-refractivity contribution in [3.63, 3.8) is 0 Å². The quantitative estimate of drug-likeness (QED) is 0.778. The normalized spacial score (nSPS) is 17.8. The minimum absolute atomic E-state index is 0.00157. The molecule has 1 saturated carbocycles. The van der Waals surface area contributed by atoms with Crippen molar-refractivity contribution in [3.8, 4) is 0 Å². The molecule has 1 aromatic rings. The first-order valence-corrected chi connectivity index (χ1v) is 7.09. The van der Waals surface area contributed by atoms with Crippen LogP contribution in [0.2, 0.25) is 0 Å². The van der Waals surface area contributed by atoms with E-state index in [1.54, 1.807) is 0 Å². The second-order valence-corrected chi connectivity index (χ2v) is 5.30. The zero-order valence-corrected chi connectivity index (χ0v) is 11.7. The Hall–Kier alpha value is -1.43. The SMILES string of the molecule is CCNc1nc(NC2(CO)CCCCC2)c(F)cc1F. The largest absolute Gasteiger partial charge is 0.394 e. The second-order valence-electron chi connectivity index (χ2n) is 5.30. The van der Waals surface area contributed by atoms with Crippen LogP contribution in [-0.2, 0) is 0 Å². The van der Waals surface area contributed by atoms with Gasteiger partial charge in [-0.25, -0.2) is 13.8 Å². The topological polar surface area (TPSA) is 57.2 Å². The molecule has 1 aliphatic rings. The number of nitrogens with zero attached hydrogens (tertiary/aromatic N) is 1. The Kier molecular flexibility index (Phi) is 4.75. The van der Waals surface area contributed by atoms with Crippen LogP contribution >= 0.6 is 0 Å². The maximum atomic E-state index is 13.9. The lowest BCUT2D eigenvalue weighted by Crippen LogP contribution is -2.44. The van der Waals surface area contributed by atoms with Crippen LogP contribution in [0.5, 0.6) is 0 Å². The van der Waals surface area contributed by atoms with E-state index in [0.717, 1.165) is 38.2 Å². The van der Waals surface area contributed by atoms with Crippen LogP contribution in [-0.4, -0.2) is 28.8 Å². The Morgan fingerprint density at radius 3 is 2.45 bits per heavy atom. The van der Waals surface area contributed by atoms with E-state index in [0.29, 0.717) is 6.54 Å². The van der Waals surface area contributed by atoms with Gasteiger partial charge in [0.1, 0.15) is 0 Å². The summed E-state index contributed by atoms with van der Waals surface area (Å²) in [6.07, 6.45) is 4.61. The molecule has 0 amide bonds. The van der Waals surface area contributed by atoms with Gasteiger partial charge in [-0.1, -0.05) is 19.3 Å². The molecule has 0 bridgehead atoms. The molecule has 0 aromatic carbocycles. The second kappa shape index (κ2) is 6.35. The lowest BCUT2D eigenvalue weighted by molar-refractivity contribution is 0.172. The van der Waals surface area contributed by atoms with Crippen LogP contribution in [0, 0.1) is 11.6 Å². The van der Waals surface area contributed by atoms with Gasteiger partial charge in [-0.05, 0) is 19.8 Å².